The van der Waals surface area contributed by atoms with Crippen molar-refractivity contribution >= 4 is 17.9 Å². The molecule has 2 aromatic rings. The van der Waals surface area contributed by atoms with Crippen LogP contribution in [0.3, 0.4) is 0 Å². The first-order chi connectivity index (χ1) is 12.3. The molecule has 0 spiro atoms. The highest BCUT2D eigenvalue weighted by Gasteiger charge is 2.44. The normalized spacial score (nSPS) is 10.9. The molecule has 0 saturated heterocycles. The zero-order chi connectivity index (χ0) is 19.2. The van der Waals surface area contributed by atoms with Gasteiger partial charge in [0, 0.05) is 0 Å². The van der Waals surface area contributed by atoms with Crippen LogP contribution < -0.4 is 4.74 Å². The first-order valence-electron chi connectivity index (χ1n) is 7.78. The number of ether oxygens (including phenoxy) is 1. The number of rotatable bonds is 9. The van der Waals surface area contributed by atoms with Crippen LogP contribution in [0, 0.1) is 0 Å². The number of aliphatic carboxylic acids is 3. The lowest BCUT2D eigenvalue weighted by atomic mass is 9.75. The van der Waals surface area contributed by atoms with Crippen molar-refractivity contribution in [1.29, 1.82) is 0 Å². The average Bonchev–Trinajstić information content (AvgIpc) is 2.59. The van der Waals surface area contributed by atoms with Crippen LogP contribution in [0.25, 0.3) is 0 Å². The molecule has 2 aromatic carbocycles. The first-order valence-corrected chi connectivity index (χ1v) is 7.78. The van der Waals surface area contributed by atoms with Crippen LogP contribution in [-0.4, -0.2) is 33.2 Å². The smallest absolute Gasteiger partial charge is 0.315 e. The van der Waals surface area contributed by atoms with E-state index in [0.717, 1.165) is 5.56 Å². The second-order valence-corrected chi connectivity index (χ2v) is 5.83. The van der Waals surface area contributed by atoms with E-state index in [2.05, 4.69) is 0 Å². The lowest BCUT2D eigenvalue weighted by Gasteiger charge is -2.26. The van der Waals surface area contributed by atoms with Gasteiger partial charge in [-0.2, -0.15) is 0 Å². The minimum Gasteiger partial charge on any atom is -0.489 e. The Hall–Kier alpha value is -3.35. The molecular formula is C19H18O7. The summed E-state index contributed by atoms with van der Waals surface area (Å²) in [7, 11) is 0. The van der Waals surface area contributed by atoms with E-state index in [-0.39, 0.29) is 5.56 Å². The van der Waals surface area contributed by atoms with Gasteiger partial charge in [-0.3, -0.25) is 14.4 Å². The van der Waals surface area contributed by atoms with Crippen LogP contribution in [0.4, 0.5) is 0 Å². The molecule has 0 fully saturated rings. The van der Waals surface area contributed by atoms with Crippen molar-refractivity contribution in [2.24, 2.45) is 0 Å². The Balaban J connectivity index is 2.24. The second kappa shape index (κ2) is 8.15. The summed E-state index contributed by atoms with van der Waals surface area (Å²) in [6.07, 6.45) is -1.67. The molecular weight excluding hydrogens is 340 g/mol. The predicted molar refractivity (Wildman–Crippen MR) is 91.0 cm³/mol. The van der Waals surface area contributed by atoms with Crippen molar-refractivity contribution in [2.75, 3.05) is 0 Å². The lowest BCUT2D eigenvalue weighted by Crippen LogP contribution is -2.40. The van der Waals surface area contributed by atoms with E-state index in [4.69, 9.17) is 14.9 Å². The monoisotopic (exact) mass is 358 g/mol. The zero-order valence-electron chi connectivity index (χ0n) is 13.8. The Morgan fingerprint density at radius 3 is 1.81 bits per heavy atom. The Morgan fingerprint density at radius 2 is 1.35 bits per heavy atom. The molecule has 0 aliphatic heterocycles. The van der Waals surface area contributed by atoms with E-state index in [1.54, 1.807) is 0 Å². The summed E-state index contributed by atoms with van der Waals surface area (Å²) in [5, 5.41) is 27.7. The Labute approximate surface area is 149 Å². The molecule has 7 heteroatoms. The highest BCUT2D eigenvalue weighted by Crippen LogP contribution is 2.34. The maximum Gasteiger partial charge on any atom is 0.315 e. The quantitative estimate of drug-likeness (QED) is 0.630. The molecule has 0 unspecified atom stereocenters. The number of hydrogen-bond donors (Lipinski definition) is 3. The molecule has 136 valence electrons. The molecule has 0 bridgehead atoms. The van der Waals surface area contributed by atoms with Crippen LogP contribution in [0.2, 0.25) is 0 Å². The molecule has 0 aliphatic rings. The minimum atomic E-state index is -2.05. The maximum atomic E-state index is 11.7. The van der Waals surface area contributed by atoms with Gasteiger partial charge < -0.3 is 20.1 Å². The molecule has 0 radical (unpaired) electrons. The number of carboxylic acid groups (broad SMARTS) is 3. The van der Waals surface area contributed by atoms with E-state index < -0.39 is 36.2 Å². The fourth-order valence-corrected chi connectivity index (χ4v) is 2.67. The van der Waals surface area contributed by atoms with Crippen molar-refractivity contribution in [3.05, 3.63) is 65.7 Å². The van der Waals surface area contributed by atoms with E-state index in [1.807, 2.05) is 30.3 Å². The van der Waals surface area contributed by atoms with E-state index in [0.29, 0.717) is 12.4 Å². The SMILES string of the molecule is O=C(O)CC(CC(=O)O)(C(=O)O)c1ccc(OCc2ccccc2)cc1. The summed E-state index contributed by atoms with van der Waals surface area (Å²) in [6, 6.07) is 15.2. The molecule has 0 atom stereocenters. The van der Waals surface area contributed by atoms with Crippen molar-refractivity contribution in [3.8, 4) is 5.75 Å². The van der Waals surface area contributed by atoms with Gasteiger partial charge in [0.15, 0.2) is 0 Å². The maximum absolute atomic E-state index is 11.7. The summed E-state index contributed by atoms with van der Waals surface area (Å²) >= 11 is 0. The summed E-state index contributed by atoms with van der Waals surface area (Å²) in [5.41, 5.74) is -0.995. The fraction of sp³-hybridized carbons (Fsp3) is 0.211. The molecule has 7 nitrogen and oxygen atoms in total. The summed E-state index contributed by atoms with van der Waals surface area (Å²) in [4.78, 5) is 34.0. The highest BCUT2D eigenvalue weighted by atomic mass is 16.5. The average molecular weight is 358 g/mol. The van der Waals surface area contributed by atoms with E-state index >= 15 is 0 Å². The summed E-state index contributed by atoms with van der Waals surface area (Å²) in [5.74, 6) is -3.82. The molecule has 2 rings (SSSR count). The third-order valence-electron chi connectivity index (χ3n) is 3.97. The van der Waals surface area contributed by atoms with E-state index in [9.17, 15) is 19.5 Å². The van der Waals surface area contributed by atoms with Gasteiger partial charge in [-0.15, -0.1) is 0 Å². The Bertz CT molecular complexity index is 765. The van der Waals surface area contributed by atoms with E-state index in [1.165, 1.54) is 24.3 Å². The largest absolute Gasteiger partial charge is 0.489 e. The van der Waals surface area contributed by atoms with Gasteiger partial charge in [0.2, 0.25) is 0 Å². The number of hydrogen-bond acceptors (Lipinski definition) is 4. The number of carboxylic acids is 3. The van der Waals surface area contributed by atoms with Crippen molar-refractivity contribution < 1.29 is 34.4 Å². The molecule has 0 saturated carbocycles. The lowest BCUT2D eigenvalue weighted by molar-refractivity contribution is -0.154. The third-order valence-corrected chi connectivity index (χ3v) is 3.97. The van der Waals surface area contributed by atoms with Gasteiger partial charge in [-0.05, 0) is 23.3 Å². The van der Waals surface area contributed by atoms with Crippen LogP contribution in [0.15, 0.2) is 54.6 Å². The molecule has 0 aliphatic carbocycles. The van der Waals surface area contributed by atoms with Crippen LogP contribution in [-0.2, 0) is 26.4 Å². The second-order valence-electron chi connectivity index (χ2n) is 5.83. The third kappa shape index (κ3) is 4.60. The summed E-state index contributed by atoms with van der Waals surface area (Å²) < 4.78 is 5.60. The highest BCUT2D eigenvalue weighted by molar-refractivity contribution is 5.91. The van der Waals surface area contributed by atoms with Crippen molar-refractivity contribution in [2.45, 2.75) is 24.9 Å². The summed E-state index contributed by atoms with van der Waals surface area (Å²) in [6.45, 7) is 0.314. The van der Waals surface area contributed by atoms with Gasteiger partial charge in [-0.25, -0.2) is 0 Å². The van der Waals surface area contributed by atoms with Crippen molar-refractivity contribution in [3.63, 3.8) is 0 Å². The van der Waals surface area contributed by atoms with Crippen LogP contribution >= 0.6 is 0 Å². The van der Waals surface area contributed by atoms with Gasteiger partial charge in [0.05, 0.1) is 12.8 Å². The number of carbonyl (C=O) groups is 3. The van der Waals surface area contributed by atoms with Gasteiger partial charge in [0.1, 0.15) is 17.8 Å². The Kier molecular flexibility index (Phi) is 5.95. The standard InChI is InChI=1S/C19H18O7/c20-16(21)10-19(18(24)25,11-17(22)23)14-6-8-15(9-7-14)26-12-13-4-2-1-3-5-13/h1-9H,10-12H2,(H,20,21)(H,22,23)(H,24,25). The molecule has 0 heterocycles. The van der Waals surface area contributed by atoms with Gasteiger partial charge in [-0.1, -0.05) is 42.5 Å². The molecule has 26 heavy (non-hydrogen) atoms. The minimum absolute atomic E-state index is 0.0989. The van der Waals surface area contributed by atoms with Crippen molar-refractivity contribution in [1.82, 2.24) is 0 Å². The molecule has 0 aromatic heterocycles. The van der Waals surface area contributed by atoms with Crippen LogP contribution in [0.5, 0.6) is 5.75 Å². The van der Waals surface area contributed by atoms with Gasteiger partial charge in [0.25, 0.3) is 0 Å². The predicted octanol–water partition coefficient (Wildman–Crippen LogP) is 2.54. The van der Waals surface area contributed by atoms with Gasteiger partial charge >= 0.3 is 17.9 Å². The Morgan fingerprint density at radius 1 is 0.808 bits per heavy atom. The zero-order valence-corrected chi connectivity index (χ0v) is 13.8. The molecule has 3 N–H and O–H groups in total. The number of benzene rings is 2. The topological polar surface area (TPSA) is 121 Å². The fourth-order valence-electron chi connectivity index (χ4n) is 2.67. The molecule has 0 amide bonds. The van der Waals surface area contributed by atoms with Crippen LogP contribution in [0.1, 0.15) is 24.0 Å². The first kappa shape index (κ1) is 19.0.